The first-order valence-corrected chi connectivity index (χ1v) is 10.5. The average molecular weight is 393 g/mol. The largest absolute Gasteiger partial charge is 0.491 e. The Hall–Kier alpha value is -1.32. The fourth-order valence-electron chi connectivity index (χ4n) is 2.33. The molecular weight excluding hydrogens is 380 g/mol. The van der Waals surface area contributed by atoms with Crippen LogP contribution in [-0.2, 0) is 9.47 Å². The van der Waals surface area contributed by atoms with Gasteiger partial charge in [-0.2, -0.15) is 10.5 Å². The van der Waals surface area contributed by atoms with Gasteiger partial charge in [0.25, 0.3) is 0 Å². The number of hydrogen-bond acceptors (Lipinski definition) is 8. The SMILES string of the molecule is COC1=C(C#N)C(=CC=C2SC3=C(SCCS3)S2)C(C#N)=C1OC. The Morgan fingerprint density at radius 1 is 0.875 bits per heavy atom. The van der Waals surface area contributed by atoms with Crippen LogP contribution in [0.4, 0.5) is 0 Å². The Bertz CT molecular complexity index is 762. The predicted molar refractivity (Wildman–Crippen MR) is 103 cm³/mol. The van der Waals surface area contributed by atoms with E-state index in [0.29, 0.717) is 28.2 Å². The third-order valence-corrected chi connectivity index (χ3v) is 9.00. The van der Waals surface area contributed by atoms with E-state index in [1.165, 1.54) is 22.7 Å². The molecule has 0 saturated heterocycles. The summed E-state index contributed by atoms with van der Waals surface area (Å²) in [5, 5.41) is 18.9. The molecule has 0 spiro atoms. The number of methoxy groups -OCH3 is 2. The van der Waals surface area contributed by atoms with Crippen molar-refractivity contribution in [2.75, 3.05) is 25.7 Å². The van der Waals surface area contributed by atoms with E-state index in [9.17, 15) is 10.5 Å². The molecule has 0 fully saturated rings. The van der Waals surface area contributed by atoms with Gasteiger partial charge < -0.3 is 9.47 Å². The van der Waals surface area contributed by atoms with Gasteiger partial charge >= 0.3 is 0 Å². The summed E-state index contributed by atoms with van der Waals surface area (Å²) in [6, 6.07) is 4.24. The minimum Gasteiger partial charge on any atom is -0.491 e. The molecule has 0 aromatic carbocycles. The number of hydrogen-bond donors (Lipinski definition) is 0. The molecule has 3 rings (SSSR count). The van der Waals surface area contributed by atoms with Gasteiger partial charge in [0.15, 0.2) is 11.5 Å². The van der Waals surface area contributed by atoms with Crippen LogP contribution in [0.2, 0.25) is 0 Å². The first-order valence-electron chi connectivity index (χ1n) is 6.88. The zero-order valence-corrected chi connectivity index (χ0v) is 16.2. The second kappa shape index (κ2) is 7.71. The van der Waals surface area contributed by atoms with Crippen molar-refractivity contribution in [3.8, 4) is 12.1 Å². The van der Waals surface area contributed by atoms with Crippen LogP contribution >= 0.6 is 47.0 Å². The summed E-state index contributed by atoms with van der Waals surface area (Å²) < 4.78 is 14.4. The second-order valence-electron chi connectivity index (χ2n) is 4.58. The molecule has 24 heavy (non-hydrogen) atoms. The highest BCUT2D eigenvalue weighted by Crippen LogP contribution is 2.59. The fourth-order valence-corrected chi connectivity index (χ4v) is 8.10. The lowest BCUT2D eigenvalue weighted by Crippen LogP contribution is -1.94. The topological polar surface area (TPSA) is 66.0 Å². The predicted octanol–water partition coefficient (Wildman–Crippen LogP) is 4.70. The van der Waals surface area contributed by atoms with Crippen LogP contribution in [-0.4, -0.2) is 25.7 Å². The van der Waals surface area contributed by atoms with Gasteiger partial charge in [-0.05, 0) is 6.08 Å². The van der Waals surface area contributed by atoms with Crippen molar-refractivity contribution in [3.63, 3.8) is 0 Å². The number of nitriles is 2. The van der Waals surface area contributed by atoms with Gasteiger partial charge in [-0.25, -0.2) is 0 Å². The van der Waals surface area contributed by atoms with Crippen molar-refractivity contribution < 1.29 is 9.47 Å². The molecule has 2 aliphatic heterocycles. The molecule has 0 saturated carbocycles. The van der Waals surface area contributed by atoms with Gasteiger partial charge in [-0.15, -0.1) is 23.5 Å². The summed E-state index contributed by atoms with van der Waals surface area (Å²) >= 11 is 7.28. The van der Waals surface area contributed by atoms with Gasteiger partial charge in [0.1, 0.15) is 23.3 Å². The van der Waals surface area contributed by atoms with Crippen molar-refractivity contribution in [2.24, 2.45) is 0 Å². The van der Waals surface area contributed by atoms with E-state index in [4.69, 9.17) is 9.47 Å². The molecule has 122 valence electrons. The standard InChI is InChI=1S/C16H12N2O2S4/c1-19-13-10(7-17)9(11(8-18)14(13)20-2)3-4-12-23-15-16(24-12)22-6-5-21-15/h3-4H,5-6H2,1-2H3. The molecule has 0 aromatic heterocycles. The zero-order valence-electron chi connectivity index (χ0n) is 12.9. The minimum atomic E-state index is 0.316. The summed E-state index contributed by atoms with van der Waals surface area (Å²) in [4.78, 5) is 0. The smallest absolute Gasteiger partial charge is 0.180 e. The number of rotatable bonds is 3. The monoisotopic (exact) mass is 392 g/mol. The van der Waals surface area contributed by atoms with Crippen molar-refractivity contribution in [2.45, 2.75) is 0 Å². The van der Waals surface area contributed by atoms with Crippen LogP contribution in [0.1, 0.15) is 0 Å². The normalized spacial score (nSPS) is 20.0. The lowest BCUT2D eigenvalue weighted by atomic mass is 10.0. The number of thioether (sulfide) groups is 4. The molecule has 0 bridgehead atoms. The van der Waals surface area contributed by atoms with Gasteiger partial charge in [0, 0.05) is 17.1 Å². The van der Waals surface area contributed by atoms with Gasteiger partial charge in [-0.3, -0.25) is 0 Å². The summed E-state index contributed by atoms with van der Waals surface area (Å²) in [5.74, 6) is 2.91. The van der Waals surface area contributed by atoms with E-state index in [-0.39, 0.29) is 0 Å². The highest BCUT2D eigenvalue weighted by atomic mass is 32.3. The zero-order chi connectivity index (χ0) is 17.1. The van der Waals surface area contributed by atoms with Crippen molar-refractivity contribution in [1.29, 1.82) is 10.5 Å². The van der Waals surface area contributed by atoms with Crippen molar-refractivity contribution in [1.82, 2.24) is 0 Å². The third kappa shape index (κ3) is 3.12. The van der Waals surface area contributed by atoms with E-state index in [0.717, 1.165) is 15.7 Å². The molecule has 0 aromatic rings. The van der Waals surface area contributed by atoms with Crippen LogP contribution in [0, 0.1) is 22.7 Å². The number of nitrogens with zero attached hydrogens (tertiary/aromatic N) is 2. The van der Waals surface area contributed by atoms with Crippen molar-refractivity contribution in [3.05, 3.63) is 53.1 Å². The van der Waals surface area contributed by atoms with E-state index < -0.39 is 0 Å². The van der Waals surface area contributed by atoms with Crippen LogP contribution in [0.3, 0.4) is 0 Å². The molecule has 0 atom stereocenters. The maximum absolute atomic E-state index is 9.46. The number of ether oxygens (including phenoxy) is 2. The average Bonchev–Trinajstić information content (AvgIpc) is 3.16. The van der Waals surface area contributed by atoms with Crippen LogP contribution in [0.15, 0.2) is 53.1 Å². The van der Waals surface area contributed by atoms with Gasteiger partial charge in [-0.1, -0.05) is 29.6 Å². The van der Waals surface area contributed by atoms with Crippen LogP contribution in [0.25, 0.3) is 0 Å². The Balaban J connectivity index is 1.93. The summed E-state index contributed by atoms with van der Waals surface area (Å²) in [5.41, 5.74) is 1.21. The molecule has 4 nitrogen and oxygen atoms in total. The maximum Gasteiger partial charge on any atom is 0.180 e. The molecule has 0 N–H and O–H groups in total. The van der Waals surface area contributed by atoms with E-state index >= 15 is 0 Å². The summed E-state index contributed by atoms with van der Waals surface area (Å²) in [6.45, 7) is 0. The van der Waals surface area contributed by atoms with Crippen LogP contribution < -0.4 is 0 Å². The Kier molecular flexibility index (Phi) is 5.62. The Morgan fingerprint density at radius 3 is 1.79 bits per heavy atom. The molecule has 1 aliphatic carbocycles. The van der Waals surface area contributed by atoms with Crippen LogP contribution in [0.5, 0.6) is 0 Å². The lowest BCUT2D eigenvalue weighted by molar-refractivity contribution is 0.220. The first kappa shape index (κ1) is 17.5. The second-order valence-corrected chi connectivity index (χ2v) is 9.67. The highest BCUT2D eigenvalue weighted by Gasteiger charge is 2.32. The first-order chi connectivity index (χ1) is 11.7. The van der Waals surface area contributed by atoms with Gasteiger partial charge in [0.05, 0.1) is 26.9 Å². The third-order valence-electron chi connectivity index (χ3n) is 3.32. The maximum atomic E-state index is 9.46. The summed E-state index contributed by atoms with van der Waals surface area (Å²) in [6.07, 6.45) is 3.77. The molecule has 2 heterocycles. The molecule has 0 radical (unpaired) electrons. The minimum absolute atomic E-state index is 0.316. The fraction of sp³-hybridized carbons (Fsp3) is 0.250. The Labute approximate surface area is 157 Å². The lowest BCUT2D eigenvalue weighted by Gasteiger charge is -2.08. The van der Waals surface area contributed by atoms with E-state index in [1.807, 2.05) is 35.7 Å². The Morgan fingerprint density at radius 2 is 1.38 bits per heavy atom. The quantitative estimate of drug-likeness (QED) is 0.684. The highest BCUT2D eigenvalue weighted by molar-refractivity contribution is 8.41. The molecule has 3 aliphatic rings. The van der Waals surface area contributed by atoms with E-state index in [1.54, 1.807) is 23.5 Å². The molecule has 0 unspecified atom stereocenters. The summed E-state index contributed by atoms with van der Waals surface area (Å²) in [7, 11) is 2.94. The van der Waals surface area contributed by atoms with Gasteiger partial charge in [0.2, 0.25) is 0 Å². The van der Waals surface area contributed by atoms with E-state index in [2.05, 4.69) is 12.1 Å². The van der Waals surface area contributed by atoms with Crippen molar-refractivity contribution >= 4 is 47.0 Å². The molecular formula is C16H12N2O2S4. The molecule has 8 heteroatoms. The number of allylic oxidation sites excluding steroid dienone is 5. The molecule has 0 amide bonds.